The molecule has 1 amide bonds. The third-order valence-electron chi connectivity index (χ3n) is 0.873. The summed E-state index contributed by atoms with van der Waals surface area (Å²) in [6.07, 6.45) is 0.371. The quantitative estimate of drug-likeness (QED) is 0.571. The molecule has 0 bridgehead atoms. The zero-order chi connectivity index (χ0) is 7.98. The molecule has 0 unspecified atom stereocenters. The van der Waals surface area contributed by atoms with Gasteiger partial charge >= 0.3 is 0 Å². The third kappa shape index (κ3) is 5.62. The minimum atomic E-state index is -0.120. The Bertz CT molecular complexity index is 136. The molecule has 0 rings (SSSR count). The van der Waals surface area contributed by atoms with E-state index in [9.17, 15) is 9.59 Å². The Kier molecular flexibility index (Phi) is 5.02. The molecule has 0 aromatic carbocycles. The Labute approximate surface area is 65.6 Å². The first kappa shape index (κ1) is 9.49. The lowest BCUT2D eigenvalue weighted by Gasteiger charge is -1.98. The van der Waals surface area contributed by atoms with Gasteiger partial charge in [-0.3, -0.25) is 9.59 Å². The molecule has 3 nitrogen and oxygen atoms in total. The van der Waals surface area contributed by atoms with E-state index in [1.54, 1.807) is 0 Å². The number of hydrogen-bond acceptors (Lipinski definition) is 3. The number of thiol groups is 1. The van der Waals surface area contributed by atoms with Crippen LogP contribution in [0, 0.1) is 0 Å². The SMILES string of the molecule is CC(=O)CNC(=O)CCS. The summed E-state index contributed by atoms with van der Waals surface area (Å²) in [5, 5.41) is 2.45. The number of Topliss-reactive ketones (excluding diaryl/α,β-unsaturated/α-hetero) is 1. The van der Waals surface area contributed by atoms with E-state index in [-0.39, 0.29) is 18.2 Å². The van der Waals surface area contributed by atoms with Crippen LogP contribution >= 0.6 is 12.6 Å². The Morgan fingerprint density at radius 3 is 2.50 bits per heavy atom. The van der Waals surface area contributed by atoms with Gasteiger partial charge in [-0.25, -0.2) is 0 Å². The molecule has 0 atom stereocenters. The predicted molar refractivity (Wildman–Crippen MR) is 42.2 cm³/mol. The summed E-state index contributed by atoms with van der Waals surface area (Å²) in [6, 6.07) is 0. The van der Waals surface area contributed by atoms with Crippen molar-refractivity contribution in [1.29, 1.82) is 0 Å². The second-order valence-corrected chi connectivity index (χ2v) is 2.40. The Morgan fingerprint density at radius 1 is 1.50 bits per heavy atom. The Balaban J connectivity index is 3.30. The lowest BCUT2D eigenvalue weighted by molar-refractivity contribution is -0.124. The standard InChI is InChI=1S/C6H11NO2S/c1-5(8)4-7-6(9)2-3-10/h10H,2-4H2,1H3,(H,7,9). The molecule has 0 radical (unpaired) electrons. The van der Waals surface area contributed by atoms with Gasteiger partial charge in [-0.1, -0.05) is 0 Å². The van der Waals surface area contributed by atoms with Crippen molar-refractivity contribution in [2.75, 3.05) is 12.3 Å². The molecule has 0 aliphatic heterocycles. The fourth-order valence-corrected chi connectivity index (χ4v) is 0.616. The van der Waals surface area contributed by atoms with Gasteiger partial charge in [-0.05, 0) is 12.7 Å². The number of ketones is 1. The fraction of sp³-hybridized carbons (Fsp3) is 0.667. The average molecular weight is 161 g/mol. The van der Waals surface area contributed by atoms with Crippen molar-refractivity contribution in [2.24, 2.45) is 0 Å². The van der Waals surface area contributed by atoms with Crippen LogP contribution in [-0.4, -0.2) is 24.0 Å². The zero-order valence-corrected chi connectivity index (χ0v) is 6.78. The first-order chi connectivity index (χ1) is 4.66. The highest BCUT2D eigenvalue weighted by atomic mass is 32.1. The van der Waals surface area contributed by atoms with Crippen LogP contribution < -0.4 is 5.32 Å². The van der Waals surface area contributed by atoms with Gasteiger partial charge in [0.1, 0.15) is 5.78 Å². The summed E-state index contributed by atoms with van der Waals surface area (Å²) in [5.74, 6) is 0.363. The summed E-state index contributed by atoms with van der Waals surface area (Å²) in [7, 11) is 0. The first-order valence-electron chi connectivity index (χ1n) is 3.04. The van der Waals surface area contributed by atoms with Crippen molar-refractivity contribution < 1.29 is 9.59 Å². The number of carbonyl (C=O) groups excluding carboxylic acids is 2. The Morgan fingerprint density at radius 2 is 2.10 bits per heavy atom. The molecule has 0 spiro atoms. The van der Waals surface area contributed by atoms with Crippen LogP contribution in [0.15, 0.2) is 0 Å². The maximum absolute atomic E-state index is 10.6. The van der Waals surface area contributed by atoms with E-state index in [0.717, 1.165) is 0 Å². The number of nitrogens with one attached hydrogen (secondary N) is 1. The largest absolute Gasteiger partial charge is 0.349 e. The second-order valence-electron chi connectivity index (χ2n) is 1.95. The molecule has 10 heavy (non-hydrogen) atoms. The van der Waals surface area contributed by atoms with Crippen molar-refractivity contribution in [3.05, 3.63) is 0 Å². The summed E-state index contributed by atoms with van der Waals surface area (Å²) >= 11 is 3.86. The molecular weight excluding hydrogens is 150 g/mol. The van der Waals surface area contributed by atoms with Crippen LogP contribution in [-0.2, 0) is 9.59 Å². The zero-order valence-electron chi connectivity index (χ0n) is 5.89. The lowest BCUT2D eigenvalue weighted by Crippen LogP contribution is -2.28. The molecule has 0 heterocycles. The highest BCUT2D eigenvalue weighted by Gasteiger charge is 1.98. The Hall–Kier alpha value is -0.510. The van der Waals surface area contributed by atoms with Gasteiger partial charge < -0.3 is 5.32 Å². The van der Waals surface area contributed by atoms with Crippen molar-refractivity contribution in [2.45, 2.75) is 13.3 Å². The topological polar surface area (TPSA) is 46.2 Å². The molecule has 1 N–H and O–H groups in total. The molecule has 0 aliphatic carbocycles. The molecule has 0 saturated carbocycles. The van der Waals surface area contributed by atoms with Crippen LogP contribution in [0.4, 0.5) is 0 Å². The van der Waals surface area contributed by atoms with Gasteiger partial charge in [0.05, 0.1) is 6.54 Å². The van der Waals surface area contributed by atoms with E-state index in [4.69, 9.17) is 0 Å². The van der Waals surface area contributed by atoms with Crippen molar-refractivity contribution in [1.82, 2.24) is 5.32 Å². The lowest BCUT2D eigenvalue weighted by atomic mass is 10.4. The van der Waals surface area contributed by atoms with Crippen LogP contribution in [0.5, 0.6) is 0 Å². The highest BCUT2D eigenvalue weighted by Crippen LogP contribution is 1.82. The minimum absolute atomic E-state index is 0.0347. The van der Waals surface area contributed by atoms with E-state index in [1.165, 1.54) is 6.92 Å². The molecule has 0 aliphatic rings. The minimum Gasteiger partial charge on any atom is -0.349 e. The van der Waals surface area contributed by atoms with Crippen LogP contribution in [0.25, 0.3) is 0 Å². The number of carbonyl (C=O) groups is 2. The van der Waals surface area contributed by atoms with Gasteiger partial charge in [0.25, 0.3) is 0 Å². The van der Waals surface area contributed by atoms with E-state index in [0.29, 0.717) is 12.2 Å². The van der Waals surface area contributed by atoms with E-state index in [1.807, 2.05) is 0 Å². The maximum atomic E-state index is 10.6. The third-order valence-corrected chi connectivity index (χ3v) is 1.10. The molecule has 0 aromatic rings. The average Bonchev–Trinajstić information content (AvgIpc) is 1.85. The molecule has 4 heteroatoms. The number of hydrogen-bond donors (Lipinski definition) is 2. The van der Waals surface area contributed by atoms with Gasteiger partial charge in [-0.2, -0.15) is 12.6 Å². The van der Waals surface area contributed by atoms with Crippen molar-refractivity contribution in [3.63, 3.8) is 0 Å². The smallest absolute Gasteiger partial charge is 0.221 e. The number of rotatable bonds is 4. The summed E-state index contributed by atoms with van der Waals surface area (Å²) in [5.41, 5.74) is 0. The van der Waals surface area contributed by atoms with Crippen molar-refractivity contribution in [3.8, 4) is 0 Å². The molecule has 0 fully saturated rings. The van der Waals surface area contributed by atoms with Crippen LogP contribution in [0.3, 0.4) is 0 Å². The van der Waals surface area contributed by atoms with E-state index >= 15 is 0 Å². The molecule has 58 valence electrons. The monoisotopic (exact) mass is 161 g/mol. The summed E-state index contributed by atoms with van der Waals surface area (Å²) in [6.45, 7) is 1.56. The van der Waals surface area contributed by atoms with Gasteiger partial charge in [-0.15, -0.1) is 0 Å². The highest BCUT2D eigenvalue weighted by molar-refractivity contribution is 7.80. The second kappa shape index (κ2) is 5.29. The van der Waals surface area contributed by atoms with Gasteiger partial charge in [0.2, 0.25) is 5.91 Å². The normalized spacial score (nSPS) is 9.00. The van der Waals surface area contributed by atoms with E-state index < -0.39 is 0 Å². The fourth-order valence-electron chi connectivity index (χ4n) is 0.413. The molecule has 0 saturated heterocycles. The molecular formula is C6H11NO2S. The van der Waals surface area contributed by atoms with Crippen molar-refractivity contribution >= 4 is 24.3 Å². The summed E-state index contributed by atoms with van der Waals surface area (Å²) < 4.78 is 0. The van der Waals surface area contributed by atoms with Crippen LogP contribution in [0.2, 0.25) is 0 Å². The van der Waals surface area contributed by atoms with Gasteiger partial charge in [0, 0.05) is 6.42 Å². The summed E-state index contributed by atoms with van der Waals surface area (Å²) in [4.78, 5) is 21.0. The first-order valence-corrected chi connectivity index (χ1v) is 3.67. The maximum Gasteiger partial charge on any atom is 0.221 e. The number of amides is 1. The molecule has 0 aromatic heterocycles. The van der Waals surface area contributed by atoms with Crippen LogP contribution in [0.1, 0.15) is 13.3 Å². The predicted octanol–water partition coefficient (Wildman–Crippen LogP) is 0.0115. The van der Waals surface area contributed by atoms with E-state index in [2.05, 4.69) is 17.9 Å². The van der Waals surface area contributed by atoms with Gasteiger partial charge in [0.15, 0.2) is 0 Å².